The summed E-state index contributed by atoms with van der Waals surface area (Å²) in [6, 6.07) is 7.36. The molecule has 0 bridgehead atoms. The maximum atomic E-state index is 5.73. The van der Waals surface area contributed by atoms with Gasteiger partial charge in [-0.2, -0.15) is 0 Å². The van der Waals surface area contributed by atoms with Crippen LogP contribution >= 0.6 is 11.6 Å². The third-order valence-corrected chi connectivity index (χ3v) is 1.81. The summed E-state index contributed by atoms with van der Waals surface area (Å²) in [5.74, 6) is 0.849. The van der Waals surface area contributed by atoms with Crippen molar-refractivity contribution in [1.29, 1.82) is 0 Å². The van der Waals surface area contributed by atoms with Crippen LogP contribution in [0.4, 0.5) is 0 Å². The summed E-state index contributed by atoms with van der Waals surface area (Å²) >= 11 is 5.73. The van der Waals surface area contributed by atoms with E-state index in [-0.39, 0.29) is 0 Å². The van der Waals surface area contributed by atoms with E-state index in [0.29, 0.717) is 6.61 Å². The monoisotopic (exact) mass is 196 g/mol. The van der Waals surface area contributed by atoms with Crippen molar-refractivity contribution in [1.82, 2.24) is 0 Å². The standard InChI is InChI=1S/C11H13ClO/c1-9(2)7-8-13-11-5-3-10(12)4-6-11/h3-7H,8H2,1-2H3. The first kappa shape index (κ1) is 10.1. The third kappa shape index (κ3) is 4.00. The molecular formula is C11H13ClO. The van der Waals surface area contributed by atoms with Crippen LogP contribution in [0.5, 0.6) is 5.75 Å². The lowest BCUT2D eigenvalue weighted by atomic mass is 10.3. The topological polar surface area (TPSA) is 9.23 Å². The fourth-order valence-corrected chi connectivity index (χ4v) is 0.961. The molecule has 0 radical (unpaired) electrons. The van der Waals surface area contributed by atoms with Crippen molar-refractivity contribution >= 4 is 11.6 Å². The van der Waals surface area contributed by atoms with Crippen LogP contribution in [0.25, 0.3) is 0 Å². The molecule has 1 aromatic carbocycles. The highest BCUT2D eigenvalue weighted by atomic mass is 35.5. The van der Waals surface area contributed by atoms with Gasteiger partial charge in [-0.15, -0.1) is 0 Å². The van der Waals surface area contributed by atoms with Crippen LogP contribution in [-0.4, -0.2) is 6.61 Å². The van der Waals surface area contributed by atoms with Crippen molar-refractivity contribution < 1.29 is 4.74 Å². The number of hydrogen-bond donors (Lipinski definition) is 0. The maximum absolute atomic E-state index is 5.73. The third-order valence-electron chi connectivity index (χ3n) is 1.56. The van der Waals surface area contributed by atoms with Crippen molar-refractivity contribution in [2.24, 2.45) is 0 Å². The number of halogens is 1. The van der Waals surface area contributed by atoms with Crippen molar-refractivity contribution in [3.63, 3.8) is 0 Å². The van der Waals surface area contributed by atoms with E-state index in [4.69, 9.17) is 16.3 Å². The zero-order chi connectivity index (χ0) is 9.68. The normalized spacial score (nSPS) is 9.46. The molecule has 0 aliphatic heterocycles. The second-order valence-electron chi connectivity index (χ2n) is 3.05. The van der Waals surface area contributed by atoms with Crippen LogP contribution in [0.15, 0.2) is 35.9 Å². The Kier molecular flexibility index (Phi) is 3.84. The van der Waals surface area contributed by atoms with Gasteiger partial charge < -0.3 is 4.74 Å². The number of hydrogen-bond acceptors (Lipinski definition) is 1. The minimum atomic E-state index is 0.615. The van der Waals surface area contributed by atoms with Crippen molar-refractivity contribution in [3.05, 3.63) is 40.9 Å². The van der Waals surface area contributed by atoms with Crippen LogP contribution in [-0.2, 0) is 0 Å². The highest BCUT2D eigenvalue weighted by Crippen LogP contribution is 2.15. The first-order valence-corrected chi connectivity index (χ1v) is 4.58. The first-order valence-electron chi connectivity index (χ1n) is 4.20. The van der Waals surface area contributed by atoms with E-state index < -0.39 is 0 Å². The van der Waals surface area contributed by atoms with E-state index in [9.17, 15) is 0 Å². The van der Waals surface area contributed by atoms with Crippen LogP contribution in [0.3, 0.4) is 0 Å². The summed E-state index contributed by atoms with van der Waals surface area (Å²) in [6.07, 6.45) is 2.04. The summed E-state index contributed by atoms with van der Waals surface area (Å²) in [6.45, 7) is 4.71. The second kappa shape index (κ2) is 4.93. The van der Waals surface area contributed by atoms with Gasteiger partial charge in [0.05, 0.1) is 0 Å². The number of benzene rings is 1. The smallest absolute Gasteiger partial charge is 0.119 e. The summed E-state index contributed by atoms with van der Waals surface area (Å²) in [5, 5.41) is 0.731. The summed E-state index contributed by atoms with van der Waals surface area (Å²) in [7, 11) is 0. The zero-order valence-corrected chi connectivity index (χ0v) is 8.64. The van der Waals surface area contributed by atoms with E-state index >= 15 is 0 Å². The fourth-order valence-electron chi connectivity index (χ4n) is 0.835. The van der Waals surface area contributed by atoms with Crippen molar-refractivity contribution in [3.8, 4) is 5.75 Å². The molecule has 0 saturated carbocycles. The molecule has 0 amide bonds. The van der Waals surface area contributed by atoms with E-state index in [1.54, 1.807) is 0 Å². The molecule has 0 aromatic heterocycles. The summed E-state index contributed by atoms with van der Waals surface area (Å²) < 4.78 is 5.44. The molecule has 1 nitrogen and oxygen atoms in total. The predicted octanol–water partition coefficient (Wildman–Crippen LogP) is 3.69. The van der Waals surface area contributed by atoms with Crippen LogP contribution < -0.4 is 4.74 Å². The molecule has 0 N–H and O–H groups in total. The second-order valence-corrected chi connectivity index (χ2v) is 3.48. The Balaban J connectivity index is 2.46. The molecule has 1 rings (SSSR count). The molecule has 0 aliphatic rings. The number of ether oxygens (including phenoxy) is 1. The van der Waals surface area contributed by atoms with E-state index in [0.717, 1.165) is 10.8 Å². The SMILES string of the molecule is CC(C)=CCOc1ccc(Cl)cc1. The van der Waals surface area contributed by atoms with Crippen molar-refractivity contribution in [2.45, 2.75) is 13.8 Å². The molecule has 0 atom stereocenters. The highest BCUT2D eigenvalue weighted by Gasteiger charge is 1.91. The molecule has 0 heterocycles. The number of allylic oxidation sites excluding steroid dienone is 1. The average molecular weight is 197 g/mol. The van der Waals surface area contributed by atoms with Crippen LogP contribution in [0, 0.1) is 0 Å². The molecule has 0 unspecified atom stereocenters. The zero-order valence-electron chi connectivity index (χ0n) is 7.88. The van der Waals surface area contributed by atoms with Gasteiger partial charge in [-0.25, -0.2) is 0 Å². The molecule has 2 heteroatoms. The van der Waals surface area contributed by atoms with Crippen LogP contribution in [0.1, 0.15) is 13.8 Å². The average Bonchev–Trinajstić information content (AvgIpc) is 2.08. The van der Waals surface area contributed by atoms with Crippen LogP contribution in [0.2, 0.25) is 5.02 Å². The fraction of sp³-hybridized carbons (Fsp3) is 0.273. The lowest BCUT2D eigenvalue weighted by molar-refractivity contribution is 0.362. The van der Waals surface area contributed by atoms with Crippen molar-refractivity contribution in [2.75, 3.05) is 6.61 Å². The highest BCUT2D eigenvalue weighted by molar-refractivity contribution is 6.30. The molecule has 1 aromatic rings. The predicted molar refractivity (Wildman–Crippen MR) is 56.4 cm³/mol. The van der Waals surface area contributed by atoms with Gasteiger partial charge in [-0.3, -0.25) is 0 Å². The lowest BCUT2D eigenvalue weighted by Crippen LogP contribution is -1.93. The Morgan fingerprint density at radius 2 is 1.92 bits per heavy atom. The summed E-state index contributed by atoms with van der Waals surface area (Å²) in [4.78, 5) is 0. The molecule has 70 valence electrons. The van der Waals surface area contributed by atoms with Gasteiger partial charge in [-0.05, 0) is 44.2 Å². The Morgan fingerprint density at radius 1 is 1.31 bits per heavy atom. The largest absolute Gasteiger partial charge is 0.490 e. The van der Waals surface area contributed by atoms with Gasteiger partial charge in [0.2, 0.25) is 0 Å². The van der Waals surface area contributed by atoms with Gasteiger partial charge in [0.25, 0.3) is 0 Å². The first-order chi connectivity index (χ1) is 6.18. The molecule has 13 heavy (non-hydrogen) atoms. The quantitative estimate of drug-likeness (QED) is 0.671. The van der Waals surface area contributed by atoms with E-state index in [2.05, 4.69) is 0 Å². The molecule has 0 spiro atoms. The molecule has 0 aliphatic carbocycles. The Morgan fingerprint density at radius 3 is 2.46 bits per heavy atom. The van der Waals surface area contributed by atoms with E-state index in [1.165, 1.54) is 5.57 Å². The Hall–Kier alpha value is -0.950. The minimum absolute atomic E-state index is 0.615. The molecule has 0 saturated heterocycles. The lowest BCUT2D eigenvalue weighted by Gasteiger charge is -2.02. The maximum Gasteiger partial charge on any atom is 0.119 e. The molecular weight excluding hydrogens is 184 g/mol. The number of rotatable bonds is 3. The Labute approximate surface area is 84.0 Å². The van der Waals surface area contributed by atoms with Gasteiger partial charge in [0.1, 0.15) is 12.4 Å². The Bertz CT molecular complexity index is 283. The molecule has 0 fully saturated rings. The van der Waals surface area contributed by atoms with Gasteiger partial charge in [0.15, 0.2) is 0 Å². The van der Waals surface area contributed by atoms with Gasteiger partial charge in [0, 0.05) is 5.02 Å². The van der Waals surface area contributed by atoms with E-state index in [1.807, 2.05) is 44.2 Å². The summed E-state index contributed by atoms with van der Waals surface area (Å²) in [5.41, 5.74) is 1.26. The van der Waals surface area contributed by atoms with Gasteiger partial charge >= 0.3 is 0 Å². The minimum Gasteiger partial charge on any atom is -0.490 e. The van der Waals surface area contributed by atoms with Gasteiger partial charge in [-0.1, -0.05) is 17.2 Å².